The molecular weight excluding hydrogens is 160 g/mol. The summed E-state index contributed by atoms with van der Waals surface area (Å²) in [5, 5.41) is 3.13. The molecule has 0 unspecified atom stereocenters. The molecule has 0 aliphatic carbocycles. The summed E-state index contributed by atoms with van der Waals surface area (Å²) in [5.41, 5.74) is 0. The van der Waals surface area contributed by atoms with Gasteiger partial charge in [-0.15, -0.1) is 11.3 Å². The summed E-state index contributed by atoms with van der Waals surface area (Å²) in [6.07, 6.45) is 2.70. The SMILES string of the molecule is O=CN1CC(c2nccs2)C1. The van der Waals surface area contributed by atoms with E-state index in [2.05, 4.69) is 4.98 Å². The van der Waals surface area contributed by atoms with Crippen LogP contribution in [-0.2, 0) is 4.79 Å². The van der Waals surface area contributed by atoms with Crippen molar-refractivity contribution in [1.29, 1.82) is 0 Å². The number of hydrogen-bond acceptors (Lipinski definition) is 3. The van der Waals surface area contributed by atoms with Gasteiger partial charge in [0.05, 0.1) is 5.01 Å². The lowest BCUT2D eigenvalue weighted by Crippen LogP contribution is -2.43. The van der Waals surface area contributed by atoms with Gasteiger partial charge in [0.15, 0.2) is 0 Å². The van der Waals surface area contributed by atoms with E-state index < -0.39 is 0 Å². The third-order valence-corrected chi connectivity index (χ3v) is 2.80. The average molecular weight is 168 g/mol. The van der Waals surface area contributed by atoms with E-state index in [1.54, 1.807) is 16.2 Å². The molecule has 0 spiro atoms. The molecule has 2 heterocycles. The standard InChI is InChI=1S/C7H8N2OS/c10-5-9-3-6(4-9)7-8-1-2-11-7/h1-2,5-6H,3-4H2. The summed E-state index contributed by atoms with van der Waals surface area (Å²) in [4.78, 5) is 16.2. The smallest absolute Gasteiger partial charge is 0.209 e. The fraction of sp³-hybridized carbons (Fsp3) is 0.429. The second-order valence-electron chi connectivity index (χ2n) is 2.63. The highest BCUT2D eigenvalue weighted by atomic mass is 32.1. The molecule has 4 heteroatoms. The molecule has 1 fully saturated rings. The van der Waals surface area contributed by atoms with E-state index in [0.29, 0.717) is 5.92 Å². The zero-order chi connectivity index (χ0) is 7.68. The summed E-state index contributed by atoms with van der Waals surface area (Å²) in [6.45, 7) is 1.69. The topological polar surface area (TPSA) is 33.2 Å². The number of amides is 1. The zero-order valence-electron chi connectivity index (χ0n) is 5.93. The Morgan fingerprint density at radius 1 is 1.73 bits per heavy atom. The number of hydrogen-bond donors (Lipinski definition) is 0. The van der Waals surface area contributed by atoms with Crippen molar-refractivity contribution in [3.63, 3.8) is 0 Å². The molecule has 11 heavy (non-hydrogen) atoms. The van der Waals surface area contributed by atoms with Crippen LogP contribution in [0.2, 0.25) is 0 Å². The van der Waals surface area contributed by atoms with Crippen molar-refractivity contribution >= 4 is 17.7 Å². The van der Waals surface area contributed by atoms with Crippen LogP contribution >= 0.6 is 11.3 Å². The van der Waals surface area contributed by atoms with E-state index in [9.17, 15) is 4.79 Å². The summed E-state index contributed by atoms with van der Waals surface area (Å²) in [5.74, 6) is 0.500. The molecule has 0 radical (unpaired) electrons. The maximum Gasteiger partial charge on any atom is 0.209 e. The van der Waals surface area contributed by atoms with Crippen molar-refractivity contribution in [1.82, 2.24) is 9.88 Å². The summed E-state index contributed by atoms with van der Waals surface area (Å²) in [7, 11) is 0. The predicted octanol–water partition coefficient (Wildman–Crippen LogP) is 0.699. The third kappa shape index (κ3) is 1.14. The van der Waals surface area contributed by atoms with Crippen LogP contribution in [0, 0.1) is 0 Å². The van der Waals surface area contributed by atoms with Gasteiger partial charge in [-0.05, 0) is 0 Å². The number of carbonyl (C=O) groups is 1. The molecule has 0 N–H and O–H groups in total. The van der Waals surface area contributed by atoms with E-state index in [-0.39, 0.29) is 0 Å². The van der Waals surface area contributed by atoms with Crippen LogP contribution in [0.1, 0.15) is 10.9 Å². The number of aromatic nitrogens is 1. The second-order valence-corrected chi connectivity index (χ2v) is 3.55. The van der Waals surface area contributed by atoms with Gasteiger partial charge in [-0.25, -0.2) is 4.98 Å². The molecule has 1 aromatic heterocycles. The lowest BCUT2D eigenvalue weighted by Gasteiger charge is -2.34. The maximum atomic E-state index is 10.2. The molecule has 58 valence electrons. The van der Waals surface area contributed by atoms with Gasteiger partial charge in [0.25, 0.3) is 0 Å². The minimum atomic E-state index is 0.500. The van der Waals surface area contributed by atoms with Crippen LogP contribution < -0.4 is 0 Å². The van der Waals surface area contributed by atoms with Gasteiger partial charge in [-0.1, -0.05) is 0 Å². The minimum Gasteiger partial charge on any atom is -0.344 e. The van der Waals surface area contributed by atoms with Crippen LogP contribution in [0.3, 0.4) is 0 Å². The van der Waals surface area contributed by atoms with Crippen molar-refractivity contribution in [2.24, 2.45) is 0 Å². The van der Waals surface area contributed by atoms with Gasteiger partial charge in [-0.2, -0.15) is 0 Å². The predicted molar refractivity (Wildman–Crippen MR) is 42.5 cm³/mol. The third-order valence-electron chi connectivity index (χ3n) is 1.86. The van der Waals surface area contributed by atoms with E-state index in [0.717, 1.165) is 24.5 Å². The minimum absolute atomic E-state index is 0.500. The number of carbonyl (C=O) groups excluding carboxylic acids is 1. The van der Waals surface area contributed by atoms with E-state index >= 15 is 0 Å². The van der Waals surface area contributed by atoms with Crippen molar-refractivity contribution in [2.45, 2.75) is 5.92 Å². The molecule has 0 bridgehead atoms. The number of thiazole rings is 1. The highest BCUT2D eigenvalue weighted by Gasteiger charge is 2.28. The molecule has 1 amide bonds. The summed E-state index contributed by atoms with van der Waals surface area (Å²) in [6, 6.07) is 0. The van der Waals surface area contributed by atoms with E-state index in [1.165, 1.54) is 0 Å². The van der Waals surface area contributed by atoms with Crippen molar-refractivity contribution in [2.75, 3.05) is 13.1 Å². The molecule has 0 atom stereocenters. The van der Waals surface area contributed by atoms with Crippen molar-refractivity contribution in [3.8, 4) is 0 Å². The fourth-order valence-corrected chi connectivity index (χ4v) is 1.92. The molecule has 1 aliphatic rings. The van der Waals surface area contributed by atoms with Gasteiger partial charge in [0.2, 0.25) is 6.41 Å². The zero-order valence-corrected chi connectivity index (χ0v) is 6.75. The summed E-state index contributed by atoms with van der Waals surface area (Å²) >= 11 is 1.67. The Labute approximate surface area is 68.7 Å². The van der Waals surface area contributed by atoms with Crippen LogP contribution in [-0.4, -0.2) is 29.4 Å². The second kappa shape index (κ2) is 2.62. The normalized spacial score (nSPS) is 18.0. The molecular formula is C7H8N2OS. The highest BCUT2D eigenvalue weighted by molar-refractivity contribution is 7.09. The molecule has 3 nitrogen and oxygen atoms in total. The molecule has 1 saturated heterocycles. The van der Waals surface area contributed by atoms with Crippen LogP contribution in [0.25, 0.3) is 0 Å². The Balaban J connectivity index is 1.97. The van der Waals surface area contributed by atoms with Crippen LogP contribution in [0.15, 0.2) is 11.6 Å². The first-order valence-corrected chi connectivity index (χ1v) is 4.37. The van der Waals surface area contributed by atoms with Gasteiger partial charge in [0.1, 0.15) is 0 Å². The number of nitrogens with zero attached hydrogens (tertiary/aromatic N) is 2. The molecule has 2 rings (SSSR count). The monoisotopic (exact) mass is 168 g/mol. The molecule has 0 aromatic carbocycles. The van der Waals surface area contributed by atoms with Gasteiger partial charge < -0.3 is 4.90 Å². The molecule has 1 aliphatic heterocycles. The first-order valence-electron chi connectivity index (χ1n) is 3.49. The number of likely N-dealkylation sites (tertiary alicyclic amines) is 1. The quantitative estimate of drug-likeness (QED) is 0.609. The van der Waals surface area contributed by atoms with Gasteiger partial charge in [0, 0.05) is 30.6 Å². The summed E-state index contributed by atoms with van der Waals surface area (Å²) < 4.78 is 0. The van der Waals surface area contributed by atoms with Crippen molar-refractivity contribution in [3.05, 3.63) is 16.6 Å². The molecule has 1 aromatic rings. The Bertz CT molecular complexity index is 241. The maximum absolute atomic E-state index is 10.2. The Morgan fingerprint density at radius 2 is 2.55 bits per heavy atom. The first-order chi connectivity index (χ1) is 5.40. The number of rotatable bonds is 2. The molecule has 0 saturated carbocycles. The van der Waals surface area contributed by atoms with E-state index in [1.807, 2.05) is 11.6 Å². The fourth-order valence-electron chi connectivity index (χ4n) is 1.19. The largest absolute Gasteiger partial charge is 0.344 e. The van der Waals surface area contributed by atoms with Crippen molar-refractivity contribution < 1.29 is 4.79 Å². The van der Waals surface area contributed by atoms with Gasteiger partial charge in [-0.3, -0.25) is 4.79 Å². The average Bonchev–Trinajstić information content (AvgIpc) is 2.37. The van der Waals surface area contributed by atoms with Crippen LogP contribution in [0.4, 0.5) is 0 Å². The Morgan fingerprint density at radius 3 is 3.09 bits per heavy atom. The van der Waals surface area contributed by atoms with Crippen LogP contribution in [0.5, 0.6) is 0 Å². The lowest BCUT2D eigenvalue weighted by molar-refractivity contribution is -0.122. The lowest BCUT2D eigenvalue weighted by atomic mass is 10.0. The first kappa shape index (κ1) is 6.79. The Kier molecular flexibility index (Phi) is 1.62. The van der Waals surface area contributed by atoms with Gasteiger partial charge >= 0.3 is 0 Å². The Hall–Kier alpha value is -0.900. The highest BCUT2D eigenvalue weighted by Crippen LogP contribution is 2.26. The van der Waals surface area contributed by atoms with E-state index in [4.69, 9.17) is 0 Å².